The molecule has 0 radical (unpaired) electrons. The quantitative estimate of drug-likeness (QED) is 0.493. The number of hydrogen-bond donors (Lipinski definition) is 1. The van der Waals surface area contributed by atoms with Crippen LogP contribution < -0.4 is 0 Å². The average molecular weight is 502 g/mol. The zero-order valence-electron chi connectivity index (χ0n) is 15.0. The van der Waals surface area contributed by atoms with E-state index >= 15 is 0 Å². The van der Waals surface area contributed by atoms with Gasteiger partial charge in [-0.2, -0.15) is 26.3 Å². The summed E-state index contributed by atoms with van der Waals surface area (Å²) in [6, 6.07) is 1.06. The Morgan fingerprint density at radius 3 is 2.17 bits per heavy atom. The second kappa shape index (κ2) is 7.24. The zero-order valence-corrected chi connectivity index (χ0v) is 16.6. The van der Waals surface area contributed by atoms with Gasteiger partial charge in [0.25, 0.3) is 0 Å². The molecule has 1 heterocycles. The fourth-order valence-corrected chi connectivity index (χ4v) is 4.05. The first kappa shape index (κ1) is 22.6. The number of halogens is 7. The smallest absolute Gasteiger partial charge is 0.417 e. The highest BCUT2D eigenvalue weighted by Gasteiger charge is 2.70. The van der Waals surface area contributed by atoms with Crippen molar-refractivity contribution < 1.29 is 45.8 Å². The van der Waals surface area contributed by atoms with Gasteiger partial charge in [-0.05, 0) is 37.5 Å². The zero-order chi connectivity index (χ0) is 22.6. The summed E-state index contributed by atoms with van der Waals surface area (Å²) in [4.78, 5) is 37.3. The first-order valence-corrected chi connectivity index (χ1v) is 9.50. The highest BCUT2D eigenvalue weighted by atomic mass is 79.9. The van der Waals surface area contributed by atoms with Crippen LogP contribution in [0.3, 0.4) is 0 Å². The van der Waals surface area contributed by atoms with Crippen molar-refractivity contribution in [3.8, 4) is 0 Å². The number of amides is 1. The van der Waals surface area contributed by atoms with Crippen molar-refractivity contribution in [1.29, 1.82) is 0 Å². The number of carboxylic acids is 1. The van der Waals surface area contributed by atoms with E-state index in [1.165, 1.54) is 6.07 Å². The number of carbonyl (C=O) groups excluding carboxylic acids is 2. The molecule has 2 fully saturated rings. The van der Waals surface area contributed by atoms with Gasteiger partial charge in [-0.15, -0.1) is 0 Å². The largest absolute Gasteiger partial charge is 0.480 e. The molecule has 0 spiro atoms. The first-order valence-electron chi connectivity index (χ1n) is 8.70. The van der Waals surface area contributed by atoms with E-state index in [4.69, 9.17) is 0 Å². The second-order valence-corrected chi connectivity index (χ2v) is 8.29. The van der Waals surface area contributed by atoms with Crippen LogP contribution in [0.15, 0.2) is 22.7 Å². The van der Waals surface area contributed by atoms with Crippen LogP contribution >= 0.6 is 15.9 Å². The van der Waals surface area contributed by atoms with Gasteiger partial charge in [0.15, 0.2) is 5.78 Å². The van der Waals surface area contributed by atoms with Gasteiger partial charge in [-0.1, -0.05) is 15.9 Å². The molecule has 12 heteroatoms. The number of ketones is 1. The van der Waals surface area contributed by atoms with Crippen molar-refractivity contribution in [2.24, 2.45) is 11.3 Å². The van der Waals surface area contributed by atoms with Crippen LogP contribution in [-0.4, -0.2) is 46.4 Å². The number of alkyl halides is 6. The molecule has 5 nitrogen and oxygen atoms in total. The minimum Gasteiger partial charge on any atom is -0.480 e. The van der Waals surface area contributed by atoms with Gasteiger partial charge in [0, 0.05) is 22.5 Å². The summed E-state index contributed by atoms with van der Waals surface area (Å²) in [6.45, 7) is -0.695. The Morgan fingerprint density at radius 2 is 1.70 bits per heavy atom. The Balaban J connectivity index is 1.92. The third kappa shape index (κ3) is 3.81. The summed E-state index contributed by atoms with van der Waals surface area (Å²) in [5.41, 5.74) is -4.67. The van der Waals surface area contributed by atoms with Crippen molar-refractivity contribution in [3.05, 3.63) is 33.8 Å². The highest BCUT2D eigenvalue weighted by Crippen LogP contribution is 2.59. The second-order valence-electron chi connectivity index (χ2n) is 7.38. The Morgan fingerprint density at radius 1 is 1.10 bits per heavy atom. The van der Waals surface area contributed by atoms with Crippen LogP contribution in [0.1, 0.15) is 35.2 Å². The van der Waals surface area contributed by atoms with E-state index in [1.54, 1.807) is 0 Å². The number of carbonyl (C=O) groups is 3. The molecule has 1 aliphatic carbocycles. The van der Waals surface area contributed by atoms with Crippen LogP contribution in [-0.2, 0) is 15.8 Å². The van der Waals surface area contributed by atoms with Gasteiger partial charge >= 0.3 is 18.3 Å². The standard InChI is InChI=1S/C18H14BrF6NO4/c19-9-1-2-10(11(6-9)17(20,21)22)13(27)8-5-12(14(28)29)26(7-8)15(30)16(3-4-16)18(23,24)25/h1-2,6,8,12H,3-5,7H2,(H,28,29)/t8?,12-/m0/s1. The van der Waals surface area contributed by atoms with E-state index < -0.39 is 84.3 Å². The molecular weight excluding hydrogens is 488 g/mol. The molecule has 1 aliphatic heterocycles. The summed E-state index contributed by atoms with van der Waals surface area (Å²) in [6.07, 6.45) is -11.3. The maximum atomic E-state index is 13.3. The molecule has 1 N–H and O–H groups in total. The predicted octanol–water partition coefficient (Wildman–Crippen LogP) is 4.29. The van der Waals surface area contributed by atoms with Gasteiger partial charge < -0.3 is 10.0 Å². The van der Waals surface area contributed by atoms with Crippen LogP contribution in [0.2, 0.25) is 0 Å². The molecule has 2 atom stereocenters. The van der Waals surface area contributed by atoms with Gasteiger partial charge in [0.05, 0.1) is 5.56 Å². The normalized spacial score (nSPS) is 23.4. The van der Waals surface area contributed by atoms with Crippen molar-refractivity contribution in [3.63, 3.8) is 0 Å². The van der Waals surface area contributed by atoms with E-state index in [-0.39, 0.29) is 4.47 Å². The Hall–Kier alpha value is -2.11. The average Bonchev–Trinajstić information content (AvgIpc) is 3.32. The molecule has 30 heavy (non-hydrogen) atoms. The van der Waals surface area contributed by atoms with E-state index in [0.29, 0.717) is 11.0 Å². The molecular formula is C18H14BrF6NO4. The third-order valence-electron chi connectivity index (χ3n) is 5.47. The lowest BCUT2D eigenvalue weighted by molar-refractivity contribution is -0.200. The highest BCUT2D eigenvalue weighted by molar-refractivity contribution is 9.10. The van der Waals surface area contributed by atoms with E-state index in [0.717, 1.165) is 6.07 Å². The Bertz CT molecular complexity index is 909. The van der Waals surface area contributed by atoms with E-state index in [1.807, 2.05) is 0 Å². The number of carboxylic acid groups (broad SMARTS) is 1. The van der Waals surface area contributed by atoms with Gasteiger partial charge in [-0.25, -0.2) is 4.79 Å². The van der Waals surface area contributed by atoms with Crippen molar-refractivity contribution in [2.45, 2.75) is 37.7 Å². The molecule has 1 aromatic carbocycles. The number of Topliss-reactive ketones (excluding diaryl/α,β-unsaturated/α-hetero) is 1. The summed E-state index contributed by atoms with van der Waals surface area (Å²) < 4.78 is 79.9. The molecule has 1 unspecified atom stereocenters. The monoisotopic (exact) mass is 501 g/mol. The van der Waals surface area contributed by atoms with Crippen LogP contribution in [0, 0.1) is 11.3 Å². The Kier molecular flexibility index (Phi) is 5.45. The third-order valence-corrected chi connectivity index (χ3v) is 5.97. The lowest BCUT2D eigenvalue weighted by Crippen LogP contribution is -2.48. The lowest BCUT2D eigenvalue weighted by atomic mass is 9.92. The number of likely N-dealkylation sites (tertiary alicyclic amines) is 1. The minimum atomic E-state index is -4.89. The van der Waals surface area contributed by atoms with Crippen molar-refractivity contribution >= 4 is 33.6 Å². The Labute approximate surface area is 174 Å². The molecule has 1 aromatic rings. The fraction of sp³-hybridized carbons (Fsp3) is 0.500. The molecule has 1 saturated heterocycles. The summed E-state index contributed by atoms with van der Waals surface area (Å²) in [7, 11) is 0. The summed E-state index contributed by atoms with van der Waals surface area (Å²) in [5.74, 6) is -5.53. The maximum Gasteiger partial charge on any atom is 0.417 e. The van der Waals surface area contributed by atoms with Crippen LogP contribution in [0.25, 0.3) is 0 Å². The first-order chi connectivity index (χ1) is 13.7. The van der Waals surface area contributed by atoms with E-state index in [2.05, 4.69) is 15.9 Å². The molecule has 0 bridgehead atoms. The number of hydrogen-bond acceptors (Lipinski definition) is 3. The van der Waals surface area contributed by atoms with Crippen molar-refractivity contribution in [1.82, 2.24) is 4.90 Å². The van der Waals surface area contributed by atoms with Crippen molar-refractivity contribution in [2.75, 3.05) is 6.54 Å². The molecule has 164 valence electrons. The molecule has 1 amide bonds. The van der Waals surface area contributed by atoms with Crippen LogP contribution in [0.4, 0.5) is 26.3 Å². The topological polar surface area (TPSA) is 74.7 Å². The number of benzene rings is 1. The van der Waals surface area contributed by atoms with Gasteiger partial charge in [0.1, 0.15) is 11.5 Å². The SMILES string of the molecule is O=C(c1ccc(Br)cc1C(F)(F)F)C1C[C@@H](C(=O)O)N(C(=O)C2(C(F)(F)F)CC2)C1. The summed E-state index contributed by atoms with van der Waals surface area (Å²) in [5, 5.41) is 9.34. The lowest BCUT2D eigenvalue weighted by Gasteiger charge is -2.28. The number of aliphatic carboxylic acids is 1. The minimum absolute atomic E-state index is 0.0545. The number of rotatable bonds is 4. The molecule has 1 saturated carbocycles. The summed E-state index contributed by atoms with van der Waals surface area (Å²) >= 11 is 2.88. The maximum absolute atomic E-state index is 13.3. The van der Waals surface area contributed by atoms with E-state index in [9.17, 15) is 45.8 Å². The number of nitrogens with zero attached hydrogens (tertiary/aromatic N) is 1. The molecule has 2 aliphatic rings. The van der Waals surface area contributed by atoms with Gasteiger partial charge in [-0.3, -0.25) is 9.59 Å². The molecule has 0 aromatic heterocycles. The van der Waals surface area contributed by atoms with Crippen LogP contribution in [0.5, 0.6) is 0 Å². The fourth-order valence-electron chi connectivity index (χ4n) is 3.69. The molecule has 3 rings (SSSR count). The predicted molar refractivity (Wildman–Crippen MR) is 92.4 cm³/mol. The van der Waals surface area contributed by atoms with Gasteiger partial charge in [0.2, 0.25) is 5.91 Å².